The predicted molar refractivity (Wildman–Crippen MR) is 128 cm³/mol. The number of sulfonamides is 1. The fraction of sp³-hybridized carbons (Fsp3) is 0.333. The Hall–Kier alpha value is -2.64. The van der Waals surface area contributed by atoms with Crippen LogP contribution in [0.25, 0.3) is 0 Å². The number of benzene rings is 2. The minimum absolute atomic E-state index is 0.0135. The normalized spacial score (nSPS) is 22.6. The van der Waals surface area contributed by atoms with Gasteiger partial charge in [-0.05, 0) is 61.4 Å². The summed E-state index contributed by atoms with van der Waals surface area (Å²) in [4.78, 5) is 25.1. The van der Waals surface area contributed by atoms with Crippen LogP contribution in [0.2, 0.25) is 0 Å². The fourth-order valence-corrected chi connectivity index (χ4v) is 5.33. The number of primary sulfonamides is 1. The van der Waals surface area contributed by atoms with E-state index in [-0.39, 0.29) is 34.5 Å². The molecular formula is C21H26N6O4S2. The van der Waals surface area contributed by atoms with Gasteiger partial charge in [-0.15, -0.1) is 11.8 Å². The Kier molecular flexibility index (Phi) is 6.64. The third kappa shape index (κ3) is 5.47. The summed E-state index contributed by atoms with van der Waals surface area (Å²) in [6.07, 6.45) is -0.362. The summed E-state index contributed by atoms with van der Waals surface area (Å²) in [5.41, 5.74) is 6.27. The molecule has 12 heteroatoms. The van der Waals surface area contributed by atoms with Crippen LogP contribution in [0.1, 0.15) is 11.1 Å². The lowest BCUT2D eigenvalue weighted by Gasteiger charge is -2.37. The van der Waals surface area contributed by atoms with Gasteiger partial charge in [0.05, 0.1) is 22.3 Å². The Morgan fingerprint density at radius 2 is 1.85 bits per heavy atom. The van der Waals surface area contributed by atoms with Crippen molar-refractivity contribution in [2.24, 2.45) is 11.1 Å². The van der Waals surface area contributed by atoms with E-state index in [2.05, 4.69) is 21.4 Å². The molecule has 3 atom stereocenters. The zero-order valence-electron chi connectivity index (χ0n) is 18.2. The number of rotatable bonds is 6. The van der Waals surface area contributed by atoms with Gasteiger partial charge in [-0.1, -0.05) is 6.07 Å². The van der Waals surface area contributed by atoms with Gasteiger partial charge >= 0.3 is 0 Å². The number of nitrogens with two attached hydrogens (primary N) is 1. The molecule has 0 aliphatic carbocycles. The number of amides is 2. The molecule has 6 N–H and O–H groups in total. The van der Waals surface area contributed by atoms with E-state index in [4.69, 9.17) is 5.14 Å². The van der Waals surface area contributed by atoms with Crippen LogP contribution in [0.15, 0.2) is 47.4 Å². The van der Waals surface area contributed by atoms with Crippen molar-refractivity contribution in [3.63, 3.8) is 0 Å². The fourth-order valence-electron chi connectivity index (χ4n) is 3.99. The third-order valence-corrected chi connectivity index (χ3v) is 7.35. The van der Waals surface area contributed by atoms with Crippen molar-refractivity contribution in [2.75, 3.05) is 22.6 Å². The van der Waals surface area contributed by atoms with Crippen LogP contribution in [0.5, 0.6) is 0 Å². The van der Waals surface area contributed by atoms with E-state index in [9.17, 15) is 18.0 Å². The molecule has 0 radical (unpaired) electrons. The number of thioether (sulfide) groups is 1. The molecule has 0 saturated carbocycles. The van der Waals surface area contributed by atoms with Crippen molar-refractivity contribution in [3.05, 3.63) is 53.6 Å². The molecule has 0 spiro atoms. The highest BCUT2D eigenvalue weighted by atomic mass is 32.2. The van der Waals surface area contributed by atoms with Gasteiger partial charge in [0.2, 0.25) is 21.8 Å². The van der Waals surface area contributed by atoms with Gasteiger partial charge in [-0.2, -0.15) is 0 Å². The van der Waals surface area contributed by atoms with Crippen molar-refractivity contribution in [3.8, 4) is 0 Å². The van der Waals surface area contributed by atoms with Crippen molar-refractivity contribution in [2.45, 2.75) is 30.4 Å². The summed E-state index contributed by atoms with van der Waals surface area (Å²) < 4.78 is 23.0. The molecule has 4 rings (SSSR count). The molecule has 2 amide bonds. The Labute approximate surface area is 196 Å². The van der Waals surface area contributed by atoms with Crippen LogP contribution in [0.3, 0.4) is 0 Å². The summed E-state index contributed by atoms with van der Waals surface area (Å²) in [5.74, 6) is -0.479. The minimum atomic E-state index is -3.79. The van der Waals surface area contributed by atoms with Gasteiger partial charge in [-0.25, -0.2) is 19.0 Å². The Bertz CT molecular complexity index is 1150. The van der Waals surface area contributed by atoms with Gasteiger partial charge < -0.3 is 10.6 Å². The number of hydrazine groups is 1. The van der Waals surface area contributed by atoms with Gasteiger partial charge in [0.15, 0.2) is 0 Å². The van der Waals surface area contributed by atoms with Gasteiger partial charge in [-0.3, -0.25) is 19.9 Å². The van der Waals surface area contributed by atoms with Crippen LogP contribution in [0.4, 0.5) is 11.4 Å². The predicted octanol–water partition coefficient (Wildman–Crippen LogP) is 0.593. The Morgan fingerprint density at radius 1 is 1.18 bits per heavy atom. The molecule has 2 aliphatic rings. The zero-order chi connectivity index (χ0) is 23.8. The van der Waals surface area contributed by atoms with Gasteiger partial charge in [0.25, 0.3) is 0 Å². The lowest BCUT2D eigenvalue weighted by atomic mass is 10.1. The van der Waals surface area contributed by atoms with E-state index in [0.717, 1.165) is 16.8 Å². The molecule has 2 aromatic carbocycles. The molecule has 0 aromatic heterocycles. The number of carbonyl (C=O) groups excluding carboxylic acids is 2. The highest BCUT2D eigenvalue weighted by Gasteiger charge is 2.44. The molecule has 176 valence electrons. The number of nitrogens with zero attached hydrogens (tertiary/aromatic N) is 1. The van der Waals surface area contributed by atoms with E-state index in [1.807, 2.05) is 32.0 Å². The SMILES string of the molecule is Cc1cc(C)cc(NC(=O)CSC2NC(=O)C3CNN(c4ccc(S(N)(=O)=O)cc4)C3N2)c1. The Balaban J connectivity index is 1.38. The summed E-state index contributed by atoms with van der Waals surface area (Å²) in [6.45, 7) is 4.36. The van der Waals surface area contributed by atoms with Crippen molar-refractivity contribution in [1.29, 1.82) is 0 Å². The molecule has 0 bridgehead atoms. The maximum atomic E-state index is 12.6. The first kappa shape index (κ1) is 23.5. The quantitative estimate of drug-likeness (QED) is 0.396. The van der Waals surface area contributed by atoms with E-state index in [1.54, 1.807) is 17.1 Å². The first-order valence-corrected chi connectivity index (χ1v) is 12.9. The molecule has 33 heavy (non-hydrogen) atoms. The maximum Gasteiger partial charge on any atom is 0.238 e. The zero-order valence-corrected chi connectivity index (χ0v) is 19.8. The molecular weight excluding hydrogens is 464 g/mol. The van der Waals surface area contributed by atoms with Crippen LogP contribution in [0, 0.1) is 19.8 Å². The second-order valence-electron chi connectivity index (χ2n) is 8.11. The van der Waals surface area contributed by atoms with Crippen LogP contribution < -0.4 is 31.5 Å². The maximum absolute atomic E-state index is 12.6. The van der Waals surface area contributed by atoms with E-state index in [0.29, 0.717) is 12.2 Å². The lowest BCUT2D eigenvalue weighted by Crippen LogP contribution is -2.63. The van der Waals surface area contributed by atoms with Crippen LogP contribution >= 0.6 is 11.8 Å². The molecule has 2 heterocycles. The number of fused-ring (bicyclic) bond motifs is 1. The van der Waals surface area contributed by atoms with E-state index < -0.39 is 15.5 Å². The van der Waals surface area contributed by atoms with Crippen molar-refractivity contribution in [1.82, 2.24) is 16.1 Å². The standard InChI is InChI=1S/C21H26N6O4S2/c1-12-7-13(2)9-14(8-12)24-18(28)11-32-21-25-19-17(20(29)26-21)10-23-27(19)15-3-5-16(6-4-15)33(22,30)31/h3-9,17,19,21,23,25H,10-11H2,1-2H3,(H,24,28)(H,26,29)(H2,22,30,31). The number of hydrogen-bond donors (Lipinski definition) is 5. The minimum Gasteiger partial charge on any atom is -0.331 e. The van der Waals surface area contributed by atoms with Crippen molar-refractivity contribution < 1.29 is 18.0 Å². The Morgan fingerprint density at radius 3 is 2.48 bits per heavy atom. The second-order valence-corrected chi connectivity index (χ2v) is 10.8. The third-order valence-electron chi connectivity index (χ3n) is 5.40. The average Bonchev–Trinajstić information content (AvgIpc) is 3.15. The number of nitrogens with one attached hydrogen (secondary N) is 4. The van der Waals surface area contributed by atoms with E-state index >= 15 is 0 Å². The molecule has 10 nitrogen and oxygen atoms in total. The van der Waals surface area contributed by atoms with E-state index in [1.165, 1.54) is 23.9 Å². The summed E-state index contributed by atoms with van der Waals surface area (Å²) in [7, 11) is -3.79. The summed E-state index contributed by atoms with van der Waals surface area (Å²) >= 11 is 1.28. The molecule has 3 unspecified atom stereocenters. The monoisotopic (exact) mass is 490 g/mol. The van der Waals surface area contributed by atoms with Gasteiger partial charge in [0, 0.05) is 12.2 Å². The van der Waals surface area contributed by atoms with Crippen LogP contribution in [-0.2, 0) is 19.6 Å². The molecule has 2 aromatic rings. The average molecular weight is 491 g/mol. The highest BCUT2D eigenvalue weighted by Crippen LogP contribution is 2.27. The number of aryl methyl sites for hydroxylation is 2. The molecule has 2 aliphatic heterocycles. The number of anilines is 2. The highest BCUT2D eigenvalue weighted by molar-refractivity contribution is 8.00. The second kappa shape index (κ2) is 9.31. The number of hydrogen-bond acceptors (Lipinski definition) is 8. The van der Waals surface area contributed by atoms with Crippen LogP contribution in [-0.4, -0.2) is 44.2 Å². The van der Waals surface area contributed by atoms with Crippen molar-refractivity contribution >= 4 is 45.0 Å². The summed E-state index contributed by atoms with van der Waals surface area (Å²) in [5, 5.41) is 16.1. The molecule has 2 fully saturated rings. The lowest BCUT2D eigenvalue weighted by molar-refractivity contribution is -0.127. The smallest absolute Gasteiger partial charge is 0.238 e. The number of carbonyl (C=O) groups is 2. The topological polar surface area (TPSA) is 146 Å². The summed E-state index contributed by atoms with van der Waals surface area (Å²) in [6, 6.07) is 11.9. The largest absolute Gasteiger partial charge is 0.331 e. The first-order valence-electron chi connectivity index (χ1n) is 10.3. The first-order chi connectivity index (χ1) is 15.6. The van der Waals surface area contributed by atoms with Gasteiger partial charge in [0.1, 0.15) is 11.7 Å². The molecule has 2 saturated heterocycles.